The van der Waals surface area contributed by atoms with Gasteiger partial charge in [0.2, 0.25) is 5.95 Å². The van der Waals surface area contributed by atoms with Gasteiger partial charge < -0.3 is 10.2 Å². The van der Waals surface area contributed by atoms with Crippen molar-refractivity contribution >= 4 is 32.8 Å². The predicted molar refractivity (Wildman–Crippen MR) is 67.1 cm³/mol. The number of fused-ring (bicyclic) bond motifs is 1. The molecule has 0 atom stereocenters. The molecule has 0 amide bonds. The van der Waals surface area contributed by atoms with Gasteiger partial charge in [-0.1, -0.05) is 15.9 Å². The van der Waals surface area contributed by atoms with Gasteiger partial charge in [0.15, 0.2) is 5.76 Å². The molecule has 5 nitrogen and oxygen atoms in total. The number of nitrogens with zero attached hydrogens (tertiary/aromatic N) is 3. The molecule has 0 radical (unpaired) electrons. The summed E-state index contributed by atoms with van der Waals surface area (Å²) in [7, 11) is 0. The Hall–Kier alpha value is -1.95. The SMILES string of the molecule is Nc1nncc(-c2cc3cc(Br)ccc3o2)n1. The van der Waals surface area contributed by atoms with Crippen LogP contribution < -0.4 is 5.73 Å². The number of nitrogen functional groups attached to an aromatic ring is 1. The summed E-state index contributed by atoms with van der Waals surface area (Å²) in [5.41, 5.74) is 6.85. The van der Waals surface area contributed by atoms with E-state index in [2.05, 4.69) is 31.1 Å². The molecule has 2 N–H and O–H groups in total. The molecule has 84 valence electrons. The van der Waals surface area contributed by atoms with Crippen molar-refractivity contribution in [1.29, 1.82) is 0 Å². The third kappa shape index (κ3) is 1.87. The molecule has 0 unspecified atom stereocenters. The molecule has 17 heavy (non-hydrogen) atoms. The van der Waals surface area contributed by atoms with Crippen molar-refractivity contribution in [2.45, 2.75) is 0 Å². The Morgan fingerprint density at radius 2 is 2.12 bits per heavy atom. The van der Waals surface area contributed by atoms with Crippen LogP contribution >= 0.6 is 15.9 Å². The highest BCUT2D eigenvalue weighted by molar-refractivity contribution is 9.10. The zero-order valence-electron chi connectivity index (χ0n) is 8.59. The molecule has 1 aromatic carbocycles. The minimum atomic E-state index is 0.129. The van der Waals surface area contributed by atoms with Crippen LogP contribution in [0, 0.1) is 0 Å². The first-order valence-corrected chi connectivity index (χ1v) is 5.66. The molecule has 0 saturated heterocycles. The number of rotatable bonds is 1. The largest absolute Gasteiger partial charge is 0.454 e. The summed E-state index contributed by atoms with van der Waals surface area (Å²) < 4.78 is 6.66. The maximum Gasteiger partial charge on any atom is 0.240 e. The van der Waals surface area contributed by atoms with Crippen molar-refractivity contribution in [2.24, 2.45) is 0 Å². The molecule has 3 rings (SSSR count). The Bertz CT molecular complexity index is 695. The van der Waals surface area contributed by atoms with E-state index >= 15 is 0 Å². The highest BCUT2D eigenvalue weighted by atomic mass is 79.9. The fraction of sp³-hybridized carbons (Fsp3) is 0. The minimum Gasteiger partial charge on any atom is -0.454 e. The molecule has 0 saturated carbocycles. The molecule has 0 aliphatic carbocycles. The lowest BCUT2D eigenvalue weighted by Gasteiger charge is -1.94. The molecular formula is C11H7BrN4O. The first-order valence-electron chi connectivity index (χ1n) is 4.87. The zero-order valence-corrected chi connectivity index (χ0v) is 10.2. The number of hydrogen-bond donors (Lipinski definition) is 1. The van der Waals surface area contributed by atoms with Crippen LogP contribution in [0.25, 0.3) is 22.4 Å². The molecule has 0 aliphatic heterocycles. The number of halogens is 1. The third-order valence-corrected chi connectivity index (χ3v) is 2.80. The molecular weight excluding hydrogens is 284 g/mol. The van der Waals surface area contributed by atoms with Gasteiger partial charge in [-0.25, -0.2) is 4.98 Å². The second-order valence-electron chi connectivity index (χ2n) is 3.49. The topological polar surface area (TPSA) is 77.8 Å². The molecule has 0 aliphatic rings. The van der Waals surface area contributed by atoms with Gasteiger partial charge >= 0.3 is 0 Å². The van der Waals surface area contributed by atoms with Crippen LogP contribution in [0.15, 0.2) is 39.4 Å². The Morgan fingerprint density at radius 3 is 2.94 bits per heavy atom. The maximum absolute atomic E-state index is 5.66. The van der Waals surface area contributed by atoms with Crippen molar-refractivity contribution in [1.82, 2.24) is 15.2 Å². The van der Waals surface area contributed by atoms with E-state index < -0.39 is 0 Å². The molecule has 0 fully saturated rings. The van der Waals surface area contributed by atoms with E-state index in [4.69, 9.17) is 10.2 Å². The molecule has 2 aromatic heterocycles. The smallest absolute Gasteiger partial charge is 0.240 e. The molecule has 2 heterocycles. The lowest BCUT2D eigenvalue weighted by atomic mass is 10.2. The maximum atomic E-state index is 5.66. The Balaban J connectivity index is 2.18. The van der Waals surface area contributed by atoms with Crippen molar-refractivity contribution in [3.63, 3.8) is 0 Å². The number of furan rings is 1. The lowest BCUT2D eigenvalue weighted by molar-refractivity contribution is 0.627. The zero-order chi connectivity index (χ0) is 11.8. The summed E-state index contributed by atoms with van der Waals surface area (Å²) in [6, 6.07) is 7.67. The Kier molecular flexibility index (Phi) is 2.29. The van der Waals surface area contributed by atoms with Crippen LogP contribution in [-0.2, 0) is 0 Å². The van der Waals surface area contributed by atoms with Gasteiger partial charge in [-0.3, -0.25) is 0 Å². The summed E-state index contributed by atoms with van der Waals surface area (Å²) in [5.74, 6) is 0.754. The summed E-state index contributed by atoms with van der Waals surface area (Å²) in [6.45, 7) is 0. The van der Waals surface area contributed by atoms with E-state index in [1.165, 1.54) is 6.20 Å². The lowest BCUT2D eigenvalue weighted by Crippen LogP contribution is -1.97. The average Bonchev–Trinajstić information content (AvgIpc) is 2.72. The minimum absolute atomic E-state index is 0.129. The van der Waals surface area contributed by atoms with Gasteiger partial charge in [0.1, 0.15) is 11.3 Å². The summed E-state index contributed by atoms with van der Waals surface area (Å²) >= 11 is 3.41. The highest BCUT2D eigenvalue weighted by Gasteiger charge is 2.08. The third-order valence-electron chi connectivity index (χ3n) is 2.31. The van der Waals surface area contributed by atoms with E-state index in [9.17, 15) is 0 Å². The summed E-state index contributed by atoms with van der Waals surface area (Å²) in [5, 5.41) is 8.33. The summed E-state index contributed by atoms with van der Waals surface area (Å²) in [4.78, 5) is 4.06. The van der Waals surface area contributed by atoms with Gasteiger partial charge in [-0.05, 0) is 24.3 Å². The van der Waals surface area contributed by atoms with Crippen LogP contribution in [-0.4, -0.2) is 15.2 Å². The molecule has 6 heteroatoms. The number of aromatic nitrogens is 3. The van der Waals surface area contributed by atoms with Gasteiger partial charge in [-0.15, -0.1) is 5.10 Å². The predicted octanol–water partition coefficient (Wildman–Crippen LogP) is 2.63. The average molecular weight is 291 g/mol. The van der Waals surface area contributed by atoms with E-state index in [0.717, 1.165) is 15.4 Å². The van der Waals surface area contributed by atoms with Crippen molar-refractivity contribution in [2.75, 3.05) is 5.73 Å². The fourth-order valence-corrected chi connectivity index (χ4v) is 1.96. The fourth-order valence-electron chi connectivity index (χ4n) is 1.58. The van der Waals surface area contributed by atoms with Crippen LogP contribution in [0.5, 0.6) is 0 Å². The number of anilines is 1. The van der Waals surface area contributed by atoms with Crippen LogP contribution in [0.1, 0.15) is 0 Å². The Morgan fingerprint density at radius 1 is 1.24 bits per heavy atom. The van der Waals surface area contributed by atoms with Gasteiger partial charge in [-0.2, -0.15) is 5.10 Å². The number of nitrogens with two attached hydrogens (primary N) is 1. The second kappa shape index (κ2) is 3.81. The van der Waals surface area contributed by atoms with Crippen LogP contribution in [0.4, 0.5) is 5.95 Å². The normalized spacial score (nSPS) is 10.9. The van der Waals surface area contributed by atoms with Gasteiger partial charge in [0.25, 0.3) is 0 Å². The van der Waals surface area contributed by atoms with Crippen molar-refractivity contribution < 1.29 is 4.42 Å². The Labute approximate surface area is 105 Å². The first kappa shape index (κ1) is 10.2. The molecule has 0 bridgehead atoms. The van der Waals surface area contributed by atoms with Crippen molar-refractivity contribution in [3.8, 4) is 11.5 Å². The summed E-state index contributed by atoms with van der Waals surface area (Å²) in [6.07, 6.45) is 1.52. The van der Waals surface area contributed by atoms with E-state index in [0.29, 0.717) is 11.5 Å². The number of benzene rings is 1. The standard InChI is InChI=1S/C11H7BrN4O/c12-7-1-2-9-6(3-7)4-10(17-9)8-5-14-16-11(13)15-8/h1-5H,(H2,13,15,16). The molecule has 0 spiro atoms. The van der Waals surface area contributed by atoms with E-state index in [1.54, 1.807) is 0 Å². The first-order chi connectivity index (χ1) is 8.22. The molecule has 3 aromatic rings. The highest BCUT2D eigenvalue weighted by Crippen LogP contribution is 2.28. The van der Waals surface area contributed by atoms with Gasteiger partial charge in [0, 0.05) is 9.86 Å². The van der Waals surface area contributed by atoms with Crippen LogP contribution in [0.3, 0.4) is 0 Å². The van der Waals surface area contributed by atoms with E-state index in [1.807, 2.05) is 24.3 Å². The monoisotopic (exact) mass is 290 g/mol. The number of hydrogen-bond acceptors (Lipinski definition) is 5. The van der Waals surface area contributed by atoms with E-state index in [-0.39, 0.29) is 5.95 Å². The second-order valence-corrected chi connectivity index (χ2v) is 4.41. The van der Waals surface area contributed by atoms with Crippen LogP contribution in [0.2, 0.25) is 0 Å². The van der Waals surface area contributed by atoms with Crippen molar-refractivity contribution in [3.05, 3.63) is 34.9 Å². The quantitative estimate of drug-likeness (QED) is 0.745. The van der Waals surface area contributed by atoms with Gasteiger partial charge in [0.05, 0.1) is 6.20 Å².